The van der Waals surface area contributed by atoms with E-state index >= 15 is 0 Å². The van der Waals surface area contributed by atoms with Crippen molar-refractivity contribution < 1.29 is 4.79 Å². The van der Waals surface area contributed by atoms with Gasteiger partial charge in [-0.2, -0.15) is 5.10 Å². The Morgan fingerprint density at radius 2 is 2.06 bits per heavy atom. The number of H-pyrrole nitrogens is 2. The zero-order chi connectivity index (χ0) is 12.4. The molecule has 7 heteroatoms. The molecule has 0 spiro atoms. The third-order valence-electron chi connectivity index (χ3n) is 2.44. The first-order chi connectivity index (χ1) is 8.11. The van der Waals surface area contributed by atoms with Gasteiger partial charge in [0.2, 0.25) is 5.82 Å². The Balaban J connectivity index is 2.17. The van der Waals surface area contributed by atoms with Gasteiger partial charge in [0.1, 0.15) is 5.82 Å². The molecule has 0 radical (unpaired) electrons. The van der Waals surface area contributed by atoms with Gasteiger partial charge in [-0.15, -0.1) is 5.10 Å². The van der Waals surface area contributed by atoms with E-state index in [2.05, 4.69) is 30.7 Å². The number of hydrogen-bond acceptors (Lipinski definition) is 4. The van der Waals surface area contributed by atoms with Gasteiger partial charge in [-0.3, -0.25) is 15.0 Å². The van der Waals surface area contributed by atoms with Gasteiger partial charge in [0.05, 0.1) is 17.1 Å². The van der Waals surface area contributed by atoms with Crippen molar-refractivity contribution in [2.45, 2.75) is 27.2 Å². The summed E-state index contributed by atoms with van der Waals surface area (Å²) in [7, 11) is 0. The highest BCUT2D eigenvalue weighted by molar-refractivity contribution is 6.02. The molecule has 90 valence electrons. The minimum absolute atomic E-state index is 0.141. The summed E-state index contributed by atoms with van der Waals surface area (Å²) in [6, 6.07) is 0. The maximum Gasteiger partial charge on any atom is 0.295 e. The highest BCUT2D eigenvalue weighted by Crippen LogP contribution is 2.16. The number of carbonyl (C=O) groups excluding carboxylic acids is 1. The van der Waals surface area contributed by atoms with Gasteiger partial charge < -0.3 is 5.32 Å². The quantitative estimate of drug-likeness (QED) is 0.736. The molecule has 17 heavy (non-hydrogen) atoms. The molecule has 0 atom stereocenters. The van der Waals surface area contributed by atoms with Crippen LogP contribution in [-0.4, -0.2) is 31.3 Å². The summed E-state index contributed by atoms with van der Waals surface area (Å²) < 4.78 is 0. The maximum absolute atomic E-state index is 11.8. The number of carbonyl (C=O) groups is 1. The van der Waals surface area contributed by atoms with Gasteiger partial charge in [0.25, 0.3) is 5.91 Å². The summed E-state index contributed by atoms with van der Waals surface area (Å²) in [6.07, 6.45) is 0.712. The number of aryl methyl sites for hydroxylation is 3. The number of nitrogens with zero attached hydrogens (tertiary/aromatic N) is 3. The van der Waals surface area contributed by atoms with E-state index in [4.69, 9.17) is 0 Å². The largest absolute Gasteiger partial charge is 0.316 e. The van der Waals surface area contributed by atoms with Crippen molar-refractivity contribution in [1.29, 1.82) is 0 Å². The molecule has 2 aromatic rings. The third-order valence-corrected chi connectivity index (χ3v) is 2.44. The number of rotatable bonds is 3. The normalized spacial score (nSPS) is 10.5. The summed E-state index contributed by atoms with van der Waals surface area (Å²) in [5.41, 5.74) is 2.22. The maximum atomic E-state index is 11.8. The number of nitrogens with one attached hydrogen (secondary N) is 3. The van der Waals surface area contributed by atoms with Gasteiger partial charge in [0, 0.05) is 6.42 Å². The molecule has 0 unspecified atom stereocenters. The molecule has 0 aliphatic rings. The Hall–Kier alpha value is -2.18. The lowest BCUT2D eigenvalue weighted by Crippen LogP contribution is -2.14. The molecule has 0 aliphatic carbocycles. The molecule has 0 bridgehead atoms. The topological polar surface area (TPSA) is 99.3 Å². The van der Waals surface area contributed by atoms with Gasteiger partial charge >= 0.3 is 0 Å². The third kappa shape index (κ3) is 2.17. The van der Waals surface area contributed by atoms with Crippen LogP contribution in [0.15, 0.2) is 0 Å². The lowest BCUT2D eigenvalue weighted by Gasteiger charge is -2.01. The van der Waals surface area contributed by atoms with Crippen LogP contribution in [0.2, 0.25) is 0 Å². The number of anilines is 1. The standard InChI is InChI=1S/C10H14N6O/c1-4-7-11-9(16-15-7)10(17)12-8-5(2)13-14-6(8)3/h4H2,1-3H3,(H,12,17)(H,13,14)(H,11,15,16). The van der Waals surface area contributed by atoms with Crippen molar-refractivity contribution in [3.8, 4) is 0 Å². The lowest BCUT2D eigenvalue weighted by molar-refractivity contribution is 0.101. The van der Waals surface area contributed by atoms with E-state index in [1.165, 1.54) is 0 Å². The second-order valence-electron chi connectivity index (χ2n) is 3.72. The molecule has 0 aromatic carbocycles. The minimum atomic E-state index is -0.339. The molecule has 7 nitrogen and oxygen atoms in total. The number of aromatic nitrogens is 5. The van der Waals surface area contributed by atoms with Crippen molar-refractivity contribution in [2.75, 3.05) is 5.32 Å². The fraction of sp³-hybridized carbons (Fsp3) is 0.400. The highest BCUT2D eigenvalue weighted by atomic mass is 16.2. The van der Waals surface area contributed by atoms with Crippen molar-refractivity contribution in [1.82, 2.24) is 25.4 Å². The predicted molar refractivity (Wildman–Crippen MR) is 61.8 cm³/mol. The summed E-state index contributed by atoms with van der Waals surface area (Å²) in [5.74, 6) is 0.492. The molecule has 0 saturated heterocycles. The summed E-state index contributed by atoms with van der Waals surface area (Å²) in [4.78, 5) is 15.9. The van der Waals surface area contributed by atoms with Crippen LogP contribution in [0.3, 0.4) is 0 Å². The van der Waals surface area contributed by atoms with Crippen molar-refractivity contribution >= 4 is 11.6 Å². The van der Waals surface area contributed by atoms with Crippen LogP contribution in [0.1, 0.15) is 34.8 Å². The Morgan fingerprint density at radius 3 is 2.59 bits per heavy atom. The van der Waals surface area contributed by atoms with Crippen LogP contribution >= 0.6 is 0 Å². The van der Waals surface area contributed by atoms with E-state index < -0.39 is 0 Å². The van der Waals surface area contributed by atoms with Gasteiger partial charge in [0.15, 0.2) is 0 Å². The number of hydrogen-bond donors (Lipinski definition) is 3. The van der Waals surface area contributed by atoms with Crippen LogP contribution in [0.4, 0.5) is 5.69 Å². The second-order valence-corrected chi connectivity index (χ2v) is 3.72. The average Bonchev–Trinajstić information content (AvgIpc) is 2.90. The van der Waals surface area contributed by atoms with Crippen LogP contribution < -0.4 is 5.32 Å². The second kappa shape index (κ2) is 4.36. The molecule has 0 fully saturated rings. The highest BCUT2D eigenvalue weighted by Gasteiger charge is 2.15. The first-order valence-electron chi connectivity index (χ1n) is 5.36. The molecule has 0 aliphatic heterocycles. The zero-order valence-corrected chi connectivity index (χ0v) is 9.96. The smallest absolute Gasteiger partial charge is 0.295 e. The Morgan fingerprint density at radius 1 is 1.29 bits per heavy atom. The van der Waals surface area contributed by atoms with Crippen LogP contribution in [0.25, 0.3) is 0 Å². The molecule has 2 heterocycles. The number of amides is 1. The van der Waals surface area contributed by atoms with E-state index in [1.807, 2.05) is 20.8 Å². The Kier molecular flexibility index (Phi) is 2.90. The zero-order valence-electron chi connectivity index (χ0n) is 9.96. The van der Waals surface area contributed by atoms with E-state index in [0.717, 1.165) is 11.4 Å². The van der Waals surface area contributed by atoms with E-state index in [1.54, 1.807) is 0 Å². The SMILES string of the molecule is CCc1nc(C(=O)Nc2c(C)n[nH]c2C)n[nH]1. The Labute approximate surface area is 98.0 Å². The molecule has 2 aromatic heterocycles. The average molecular weight is 234 g/mol. The predicted octanol–water partition coefficient (Wildman–Crippen LogP) is 0.959. The van der Waals surface area contributed by atoms with E-state index in [0.29, 0.717) is 17.9 Å². The molecule has 0 saturated carbocycles. The molecule has 2 rings (SSSR count). The first kappa shape index (κ1) is 11.3. The Bertz CT molecular complexity index is 521. The monoisotopic (exact) mass is 234 g/mol. The molecule has 3 N–H and O–H groups in total. The van der Waals surface area contributed by atoms with Crippen LogP contribution in [0.5, 0.6) is 0 Å². The van der Waals surface area contributed by atoms with Crippen molar-refractivity contribution in [2.24, 2.45) is 0 Å². The summed E-state index contributed by atoms with van der Waals surface area (Å²) >= 11 is 0. The summed E-state index contributed by atoms with van der Waals surface area (Å²) in [6.45, 7) is 5.59. The fourth-order valence-corrected chi connectivity index (χ4v) is 1.46. The van der Waals surface area contributed by atoms with Crippen molar-refractivity contribution in [3.63, 3.8) is 0 Å². The van der Waals surface area contributed by atoms with Crippen LogP contribution in [-0.2, 0) is 6.42 Å². The first-order valence-corrected chi connectivity index (χ1v) is 5.36. The van der Waals surface area contributed by atoms with E-state index in [-0.39, 0.29) is 11.7 Å². The van der Waals surface area contributed by atoms with Gasteiger partial charge in [-0.25, -0.2) is 4.98 Å². The lowest BCUT2D eigenvalue weighted by atomic mass is 10.3. The van der Waals surface area contributed by atoms with Crippen LogP contribution in [0, 0.1) is 13.8 Å². The van der Waals surface area contributed by atoms with E-state index in [9.17, 15) is 4.79 Å². The van der Waals surface area contributed by atoms with Crippen molar-refractivity contribution in [3.05, 3.63) is 23.0 Å². The molecular weight excluding hydrogens is 220 g/mol. The molecular formula is C10H14N6O. The summed E-state index contributed by atoms with van der Waals surface area (Å²) in [5, 5.41) is 16.1. The minimum Gasteiger partial charge on any atom is -0.316 e. The van der Waals surface area contributed by atoms with Gasteiger partial charge in [-0.1, -0.05) is 6.92 Å². The fourth-order valence-electron chi connectivity index (χ4n) is 1.46. The number of aromatic amines is 2. The van der Waals surface area contributed by atoms with Gasteiger partial charge in [-0.05, 0) is 13.8 Å². The molecule has 1 amide bonds.